The SMILES string of the molecule is CCc1cccc(C)c1Nc1nnc(SCC(=O)Nc2ccnn2C(C)C)s1. The Labute approximate surface area is 173 Å². The number of benzene rings is 1. The Bertz CT molecular complexity index is 950. The van der Waals surface area contributed by atoms with E-state index in [1.165, 1.54) is 34.2 Å². The van der Waals surface area contributed by atoms with E-state index in [-0.39, 0.29) is 17.7 Å². The smallest absolute Gasteiger partial charge is 0.235 e. The zero-order valence-corrected chi connectivity index (χ0v) is 18.0. The van der Waals surface area contributed by atoms with Crippen molar-refractivity contribution in [1.29, 1.82) is 0 Å². The van der Waals surface area contributed by atoms with Crippen LogP contribution in [0.3, 0.4) is 0 Å². The number of amides is 1. The van der Waals surface area contributed by atoms with E-state index in [0.717, 1.165) is 21.6 Å². The number of nitrogens with zero attached hydrogens (tertiary/aromatic N) is 4. The minimum absolute atomic E-state index is 0.0933. The molecular formula is C19H24N6OS2. The average molecular weight is 417 g/mol. The van der Waals surface area contributed by atoms with Gasteiger partial charge >= 0.3 is 0 Å². The van der Waals surface area contributed by atoms with Crippen molar-refractivity contribution in [1.82, 2.24) is 20.0 Å². The van der Waals surface area contributed by atoms with Gasteiger partial charge in [-0.3, -0.25) is 4.79 Å². The predicted octanol–water partition coefficient (Wildman–Crippen LogP) is 4.66. The Morgan fingerprint density at radius 1 is 1.29 bits per heavy atom. The van der Waals surface area contributed by atoms with Gasteiger partial charge in [0.2, 0.25) is 11.0 Å². The Morgan fingerprint density at radius 2 is 2.11 bits per heavy atom. The molecule has 0 aliphatic rings. The zero-order chi connectivity index (χ0) is 20.1. The molecule has 0 spiro atoms. The van der Waals surface area contributed by atoms with E-state index in [0.29, 0.717) is 5.82 Å². The second-order valence-corrected chi connectivity index (χ2v) is 8.75. The van der Waals surface area contributed by atoms with E-state index >= 15 is 0 Å². The maximum absolute atomic E-state index is 12.3. The first kappa shape index (κ1) is 20.3. The average Bonchev–Trinajstić information content (AvgIpc) is 3.31. The van der Waals surface area contributed by atoms with Crippen molar-refractivity contribution in [2.75, 3.05) is 16.4 Å². The molecule has 0 radical (unpaired) electrons. The molecule has 0 unspecified atom stereocenters. The molecule has 0 aliphatic heterocycles. The fourth-order valence-electron chi connectivity index (χ4n) is 2.76. The highest BCUT2D eigenvalue weighted by Gasteiger charge is 2.13. The van der Waals surface area contributed by atoms with Crippen molar-refractivity contribution in [2.24, 2.45) is 0 Å². The highest BCUT2D eigenvalue weighted by molar-refractivity contribution is 8.01. The molecule has 3 aromatic rings. The summed E-state index contributed by atoms with van der Waals surface area (Å²) in [5, 5.41) is 19.6. The van der Waals surface area contributed by atoms with Crippen LogP contribution in [-0.2, 0) is 11.2 Å². The summed E-state index contributed by atoms with van der Waals surface area (Å²) in [7, 11) is 0. The lowest BCUT2D eigenvalue weighted by atomic mass is 10.1. The summed E-state index contributed by atoms with van der Waals surface area (Å²) in [6, 6.07) is 8.22. The molecule has 28 heavy (non-hydrogen) atoms. The van der Waals surface area contributed by atoms with Gasteiger partial charge in [-0.1, -0.05) is 48.2 Å². The fourth-order valence-corrected chi connectivity index (χ4v) is 4.31. The van der Waals surface area contributed by atoms with Crippen LogP contribution in [0.4, 0.5) is 16.6 Å². The van der Waals surface area contributed by atoms with Gasteiger partial charge in [-0.2, -0.15) is 5.10 Å². The maximum atomic E-state index is 12.3. The number of aryl methyl sites for hydroxylation is 2. The van der Waals surface area contributed by atoms with Crippen molar-refractivity contribution < 1.29 is 4.79 Å². The summed E-state index contributed by atoms with van der Waals surface area (Å²) < 4.78 is 2.53. The van der Waals surface area contributed by atoms with Gasteiger partial charge in [0, 0.05) is 17.8 Å². The lowest BCUT2D eigenvalue weighted by Gasteiger charge is -2.11. The van der Waals surface area contributed by atoms with Crippen LogP contribution in [0.1, 0.15) is 37.9 Å². The molecule has 2 heterocycles. The number of carbonyl (C=O) groups is 1. The number of hydrogen-bond acceptors (Lipinski definition) is 7. The van der Waals surface area contributed by atoms with Gasteiger partial charge in [0.25, 0.3) is 0 Å². The van der Waals surface area contributed by atoms with Gasteiger partial charge in [0.05, 0.1) is 11.9 Å². The zero-order valence-electron chi connectivity index (χ0n) is 16.4. The van der Waals surface area contributed by atoms with Gasteiger partial charge in [0.15, 0.2) is 4.34 Å². The van der Waals surface area contributed by atoms with Crippen LogP contribution in [0.5, 0.6) is 0 Å². The first-order valence-electron chi connectivity index (χ1n) is 9.13. The molecule has 9 heteroatoms. The second kappa shape index (κ2) is 9.20. The third-order valence-electron chi connectivity index (χ3n) is 4.13. The third kappa shape index (κ3) is 4.90. The standard InChI is InChI=1S/C19H24N6OS2/c1-5-14-8-6-7-13(4)17(14)22-18-23-24-19(28-18)27-11-16(26)21-15-9-10-20-25(15)12(2)3/h6-10,12H,5,11H2,1-4H3,(H,21,26)(H,22,23). The Kier molecular flexibility index (Phi) is 6.69. The largest absolute Gasteiger partial charge is 0.330 e. The normalized spacial score (nSPS) is 11.0. The molecule has 148 valence electrons. The number of nitrogens with one attached hydrogen (secondary N) is 2. The summed E-state index contributed by atoms with van der Waals surface area (Å²) in [6.45, 7) is 8.24. The summed E-state index contributed by atoms with van der Waals surface area (Å²) in [5.74, 6) is 0.874. The summed E-state index contributed by atoms with van der Waals surface area (Å²) in [5.41, 5.74) is 3.49. The molecule has 2 N–H and O–H groups in total. The Hall–Kier alpha value is -2.39. The predicted molar refractivity (Wildman–Crippen MR) is 116 cm³/mol. The first-order valence-corrected chi connectivity index (χ1v) is 10.9. The summed E-state index contributed by atoms with van der Waals surface area (Å²) >= 11 is 2.82. The monoisotopic (exact) mass is 416 g/mol. The minimum Gasteiger partial charge on any atom is -0.330 e. The van der Waals surface area contributed by atoms with Gasteiger partial charge in [-0.25, -0.2) is 4.68 Å². The maximum Gasteiger partial charge on any atom is 0.235 e. The van der Waals surface area contributed by atoms with Gasteiger partial charge in [-0.05, 0) is 38.3 Å². The molecule has 2 aromatic heterocycles. The second-order valence-electron chi connectivity index (χ2n) is 6.55. The van der Waals surface area contributed by atoms with Gasteiger partial charge in [0.1, 0.15) is 5.82 Å². The highest BCUT2D eigenvalue weighted by atomic mass is 32.2. The van der Waals surface area contributed by atoms with Crippen LogP contribution in [0, 0.1) is 6.92 Å². The number of hydrogen-bond donors (Lipinski definition) is 2. The van der Waals surface area contributed by atoms with E-state index in [4.69, 9.17) is 0 Å². The van der Waals surface area contributed by atoms with Crippen LogP contribution < -0.4 is 10.6 Å². The van der Waals surface area contributed by atoms with Crippen molar-refractivity contribution in [2.45, 2.75) is 44.5 Å². The molecule has 0 atom stereocenters. The first-order chi connectivity index (χ1) is 13.5. The number of aromatic nitrogens is 4. The molecule has 1 amide bonds. The van der Waals surface area contributed by atoms with E-state index in [9.17, 15) is 4.79 Å². The van der Waals surface area contributed by atoms with Crippen molar-refractivity contribution >= 4 is 45.6 Å². The minimum atomic E-state index is -0.0933. The number of rotatable bonds is 8. The van der Waals surface area contributed by atoms with E-state index in [1.54, 1.807) is 16.9 Å². The fraction of sp³-hybridized carbons (Fsp3) is 0.368. The van der Waals surface area contributed by atoms with Crippen LogP contribution in [0.25, 0.3) is 0 Å². The Balaban J connectivity index is 1.58. The summed E-state index contributed by atoms with van der Waals surface area (Å²) in [6.07, 6.45) is 2.62. The molecule has 1 aromatic carbocycles. The molecule has 0 bridgehead atoms. The molecule has 3 rings (SSSR count). The van der Waals surface area contributed by atoms with Crippen LogP contribution >= 0.6 is 23.1 Å². The van der Waals surface area contributed by atoms with Crippen molar-refractivity contribution in [3.05, 3.63) is 41.6 Å². The van der Waals surface area contributed by atoms with Gasteiger partial charge < -0.3 is 10.6 Å². The third-order valence-corrected chi connectivity index (χ3v) is 6.10. The highest BCUT2D eigenvalue weighted by Crippen LogP contribution is 2.30. The molecule has 0 aliphatic carbocycles. The van der Waals surface area contributed by atoms with E-state index in [2.05, 4.69) is 58.0 Å². The van der Waals surface area contributed by atoms with Crippen LogP contribution in [0.2, 0.25) is 0 Å². The van der Waals surface area contributed by atoms with E-state index in [1.807, 2.05) is 13.8 Å². The molecule has 7 nitrogen and oxygen atoms in total. The van der Waals surface area contributed by atoms with Crippen molar-refractivity contribution in [3.63, 3.8) is 0 Å². The lowest BCUT2D eigenvalue weighted by Crippen LogP contribution is -2.18. The van der Waals surface area contributed by atoms with Crippen molar-refractivity contribution in [3.8, 4) is 0 Å². The molecule has 0 fully saturated rings. The lowest BCUT2D eigenvalue weighted by molar-refractivity contribution is -0.113. The van der Waals surface area contributed by atoms with E-state index < -0.39 is 0 Å². The Morgan fingerprint density at radius 3 is 2.86 bits per heavy atom. The number of thioether (sulfide) groups is 1. The molecule has 0 saturated carbocycles. The number of carbonyl (C=O) groups excluding carboxylic acids is 1. The summed E-state index contributed by atoms with van der Waals surface area (Å²) in [4.78, 5) is 12.3. The van der Waals surface area contributed by atoms with Crippen LogP contribution in [-0.4, -0.2) is 31.6 Å². The number of anilines is 3. The van der Waals surface area contributed by atoms with Gasteiger partial charge in [-0.15, -0.1) is 10.2 Å². The topological polar surface area (TPSA) is 84.7 Å². The molecule has 0 saturated heterocycles. The molecular weight excluding hydrogens is 392 g/mol. The van der Waals surface area contributed by atoms with Crippen LogP contribution in [0.15, 0.2) is 34.8 Å². The quantitative estimate of drug-likeness (QED) is 0.520. The number of para-hydroxylation sites is 1.